The zero-order chi connectivity index (χ0) is 15.0. The van der Waals surface area contributed by atoms with Crippen molar-refractivity contribution in [1.29, 1.82) is 0 Å². The Morgan fingerprint density at radius 2 is 1.75 bits per heavy atom. The molecule has 0 bridgehead atoms. The molecule has 0 unspecified atom stereocenters. The Kier molecular flexibility index (Phi) is 7.25. The number of rotatable bonds is 7. The van der Waals surface area contributed by atoms with Crippen molar-refractivity contribution < 1.29 is 13.6 Å². The molecule has 0 aliphatic carbocycles. The molecular weight excluding hydrogens is 295 g/mol. The normalized spacial score (nSPS) is 13.1. The first-order valence-corrected chi connectivity index (χ1v) is 8.47. The first kappa shape index (κ1) is 17.2. The minimum absolute atomic E-state index is 0.337. The Labute approximate surface area is 125 Å². The van der Waals surface area contributed by atoms with Gasteiger partial charge in [-0.15, -0.1) is 0 Å². The zero-order valence-corrected chi connectivity index (χ0v) is 13.7. The highest BCUT2D eigenvalue weighted by molar-refractivity contribution is 7.58. The van der Waals surface area contributed by atoms with Crippen LogP contribution in [0.25, 0.3) is 6.08 Å². The van der Waals surface area contributed by atoms with Gasteiger partial charge in [-0.05, 0) is 44.5 Å². The second-order valence-corrected chi connectivity index (χ2v) is 6.40. The van der Waals surface area contributed by atoms with Crippen molar-refractivity contribution in [3.05, 3.63) is 52.3 Å². The van der Waals surface area contributed by atoms with Crippen LogP contribution in [0.15, 0.2) is 41.7 Å². The molecule has 0 spiro atoms. The summed E-state index contributed by atoms with van der Waals surface area (Å²) in [6.07, 6.45) is 5.37. The lowest BCUT2D eigenvalue weighted by Crippen LogP contribution is -1.97. The standard InChI is InChI=1S/C15H20ClO3P/c1-4-15(20(17,18-5-2)19-6-3)12-9-13-7-10-14(16)11-8-13/h4,7-12H,5-6H2,1-3H3/b12-9+,15-4-. The van der Waals surface area contributed by atoms with Crippen LogP contribution < -0.4 is 0 Å². The van der Waals surface area contributed by atoms with Crippen molar-refractivity contribution in [1.82, 2.24) is 0 Å². The zero-order valence-electron chi connectivity index (χ0n) is 12.0. The van der Waals surface area contributed by atoms with Crippen LogP contribution in [0.4, 0.5) is 0 Å². The highest BCUT2D eigenvalue weighted by atomic mass is 35.5. The van der Waals surface area contributed by atoms with Crippen LogP contribution in [0.2, 0.25) is 5.02 Å². The molecule has 0 N–H and O–H groups in total. The maximum Gasteiger partial charge on any atom is 0.360 e. The third-order valence-electron chi connectivity index (χ3n) is 2.53. The molecule has 0 radical (unpaired) electrons. The third kappa shape index (κ3) is 4.92. The van der Waals surface area contributed by atoms with E-state index in [0.717, 1.165) is 5.56 Å². The van der Waals surface area contributed by atoms with Gasteiger partial charge >= 0.3 is 7.60 Å². The molecule has 0 fully saturated rings. The lowest BCUT2D eigenvalue weighted by atomic mass is 10.2. The number of hydrogen-bond donors (Lipinski definition) is 0. The van der Waals surface area contributed by atoms with Gasteiger partial charge in [0.2, 0.25) is 0 Å². The molecule has 0 aliphatic rings. The minimum atomic E-state index is -3.23. The molecule has 0 amide bonds. The average molecular weight is 315 g/mol. The largest absolute Gasteiger partial charge is 0.360 e. The van der Waals surface area contributed by atoms with E-state index >= 15 is 0 Å². The van der Waals surface area contributed by atoms with Gasteiger partial charge in [-0.25, -0.2) is 0 Å². The highest BCUT2D eigenvalue weighted by Crippen LogP contribution is 2.56. The molecule has 1 aromatic carbocycles. The Balaban J connectivity index is 2.95. The monoisotopic (exact) mass is 314 g/mol. The molecule has 0 atom stereocenters. The van der Waals surface area contributed by atoms with Crippen LogP contribution in [0, 0.1) is 0 Å². The summed E-state index contributed by atoms with van der Waals surface area (Å²) in [6.45, 7) is 6.07. The molecule has 3 nitrogen and oxygen atoms in total. The quantitative estimate of drug-likeness (QED) is 0.491. The van der Waals surface area contributed by atoms with Gasteiger partial charge in [-0.2, -0.15) is 0 Å². The van der Waals surface area contributed by atoms with E-state index in [2.05, 4.69) is 0 Å². The fourth-order valence-corrected chi connectivity index (χ4v) is 3.38. The average Bonchev–Trinajstić information content (AvgIpc) is 2.42. The van der Waals surface area contributed by atoms with E-state index in [1.807, 2.05) is 25.1 Å². The van der Waals surface area contributed by atoms with E-state index in [1.165, 1.54) is 0 Å². The van der Waals surface area contributed by atoms with Crippen molar-refractivity contribution in [2.75, 3.05) is 13.2 Å². The van der Waals surface area contributed by atoms with E-state index in [-0.39, 0.29) is 0 Å². The Morgan fingerprint density at radius 3 is 2.20 bits per heavy atom. The van der Waals surface area contributed by atoms with Crippen molar-refractivity contribution in [2.24, 2.45) is 0 Å². The smallest absolute Gasteiger partial charge is 0.306 e. The lowest BCUT2D eigenvalue weighted by Gasteiger charge is -2.17. The number of allylic oxidation sites excluding steroid dienone is 3. The van der Waals surface area contributed by atoms with Crippen LogP contribution in [-0.4, -0.2) is 13.2 Å². The van der Waals surface area contributed by atoms with E-state index in [4.69, 9.17) is 20.6 Å². The van der Waals surface area contributed by atoms with E-state index < -0.39 is 7.60 Å². The SMILES string of the molecule is C/C=C(/C=C/c1ccc(Cl)cc1)P(=O)(OCC)OCC. The summed E-state index contributed by atoms with van der Waals surface area (Å²) in [5.41, 5.74) is 0.966. The van der Waals surface area contributed by atoms with Crippen molar-refractivity contribution in [2.45, 2.75) is 20.8 Å². The van der Waals surface area contributed by atoms with Crippen LogP contribution in [0.1, 0.15) is 26.3 Å². The maximum atomic E-state index is 12.6. The van der Waals surface area contributed by atoms with Gasteiger partial charge in [0, 0.05) is 5.02 Å². The molecule has 0 saturated carbocycles. The molecule has 1 rings (SSSR count). The molecule has 5 heteroatoms. The Bertz CT molecular complexity index is 510. The van der Waals surface area contributed by atoms with Crippen LogP contribution in [-0.2, 0) is 13.6 Å². The Hall–Kier alpha value is -0.860. The van der Waals surface area contributed by atoms with Gasteiger partial charge in [0.25, 0.3) is 0 Å². The predicted molar refractivity (Wildman–Crippen MR) is 85.1 cm³/mol. The summed E-state index contributed by atoms with van der Waals surface area (Å²) in [4.78, 5) is 0. The predicted octanol–water partition coefficient (Wildman–Crippen LogP) is 5.52. The maximum absolute atomic E-state index is 12.6. The minimum Gasteiger partial charge on any atom is -0.306 e. The van der Waals surface area contributed by atoms with Gasteiger partial charge in [0.15, 0.2) is 0 Å². The summed E-state index contributed by atoms with van der Waals surface area (Å²) in [5, 5.41) is 1.24. The summed E-state index contributed by atoms with van der Waals surface area (Å²) < 4.78 is 23.3. The van der Waals surface area contributed by atoms with Gasteiger partial charge < -0.3 is 9.05 Å². The number of halogens is 1. The van der Waals surface area contributed by atoms with Crippen LogP contribution >= 0.6 is 19.2 Å². The van der Waals surface area contributed by atoms with Crippen LogP contribution in [0.3, 0.4) is 0 Å². The second kappa shape index (κ2) is 8.43. The second-order valence-electron chi connectivity index (χ2n) is 3.93. The first-order valence-electron chi connectivity index (χ1n) is 6.55. The van der Waals surface area contributed by atoms with Gasteiger partial charge in [-0.3, -0.25) is 4.57 Å². The highest BCUT2D eigenvalue weighted by Gasteiger charge is 2.26. The van der Waals surface area contributed by atoms with Crippen molar-refractivity contribution in [3.63, 3.8) is 0 Å². The number of hydrogen-bond acceptors (Lipinski definition) is 3. The van der Waals surface area contributed by atoms with Crippen molar-refractivity contribution >= 4 is 25.3 Å². The fourth-order valence-electron chi connectivity index (χ4n) is 1.63. The summed E-state index contributed by atoms with van der Waals surface area (Å²) in [5.74, 6) is 0. The fraction of sp³-hybridized carbons (Fsp3) is 0.333. The van der Waals surface area contributed by atoms with Crippen molar-refractivity contribution in [3.8, 4) is 0 Å². The lowest BCUT2D eigenvalue weighted by molar-refractivity contribution is 0.227. The Morgan fingerprint density at radius 1 is 1.20 bits per heavy atom. The van der Waals surface area contributed by atoms with Gasteiger partial charge in [0.05, 0.1) is 18.5 Å². The van der Waals surface area contributed by atoms with Crippen LogP contribution in [0.5, 0.6) is 0 Å². The molecule has 0 heterocycles. The molecule has 1 aromatic rings. The summed E-state index contributed by atoms with van der Waals surface area (Å²) in [6, 6.07) is 7.39. The van der Waals surface area contributed by atoms with E-state index in [9.17, 15) is 4.57 Å². The molecule has 0 aliphatic heterocycles. The topological polar surface area (TPSA) is 35.5 Å². The summed E-state index contributed by atoms with van der Waals surface area (Å²) in [7, 11) is -3.23. The van der Waals surface area contributed by atoms with Gasteiger partial charge in [0.1, 0.15) is 0 Å². The molecule has 0 aromatic heterocycles. The molecular formula is C15H20ClO3P. The molecule has 0 saturated heterocycles. The molecule has 20 heavy (non-hydrogen) atoms. The summed E-state index contributed by atoms with van der Waals surface area (Å²) >= 11 is 5.84. The number of benzene rings is 1. The molecule has 110 valence electrons. The third-order valence-corrected chi connectivity index (χ3v) is 5.01. The first-order chi connectivity index (χ1) is 9.55. The van der Waals surface area contributed by atoms with E-state index in [1.54, 1.807) is 38.1 Å². The van der Waals surface area contributed by atoms with Gasteiger partial charge in [-0.1, -0.05) is 35.9 Å². The van der Waals surface area contributed by atoms with E-state index in [0.29, 0.717) is 23.6 Å².